The summed E-state index contributed by atoms with van der Waals surface area (Å²) in [5, 5.41) is 1.01. The van der Waals surface area contributed by atoms with E-state index in [9.17, 15) is 0 Å². The van der Waals surface area contributed by atoms with E-state index in [1.165, 1.54) is 0 Å². The van der Waals surface area contributed by atoms with Gasteiger partial charge in [0.05, 0.1) is 32.5 Å². The fourth-order valence-electron chi connectivity index (χ4n) is 3.35. The third kappa shape index (κ3) is 2.99. The molecule has 0 aliphatic heterocycles. The molecule has 0 aliphatic rings. The van der Waals surface area contributed by atoms with Crippen molar-refractivity contribution in [3.05, 3.63) is 54.9 Å². The topological polar surface area (TPSA) is 82.4 Å². The van der Waals surface area contributed by atoms with Crippen molar-refractivity contribution in [2.45, 2.75) is 0 Å². The minimum atomic E-state index is 0.560. The lowest BCUT2D eigenvalue weighted by atomic mass is 10.0. The molecule has 0 amide bonds. The molecule has 3 N–H and O–H groups in total. The zero-order valence-corrected chi connectivity index (χ0v) is 15.9. The lowest BCUT2D eigenvalue weighted by Gasteiger charge is -2.14. The van der Waals surface area contributed by atoms with Gasteiger partial charge in [-0.15, -0.1) is 0 Å². The summed E-state index contributed by atoms with van der Waals surface area (Å²) < 4.78 is 16.4. The number of H-pyrrole nitrogens is 1. The van der Waals surface area contributed by atoms with E-state index >= 15 is 0 Å². The number of methoxy groups -OCH3 is 3. The van der Waals surface area contributed by atoms with E-state index in [2.05, 4.69) is 16.0 Å². The molecule has 0 saturated heterocycles. The first-order valence-electron chi connectivity index (χ1n) is 8.78. The molecule has 0 saturated carbocycles. The normalized spacial score (nSPS) is 10.8. The number of anilines is 1. The van der Waals surface area contributed by atoms with Gasteiger partial charge in [0.15, 0.2) is 11.5 Å². The number of hydrogen-bond acceptors (Lipinski definition) is 5. The van der Waals surface area contributed by atoms with Crippen molar-refractivity contribution in [3.8, 4) is 39.6 Å². The summed E-state index contributed by atoms with van der Waals surface area (Å²) in [5.41, 5.74) is 11.4. The molecule has 2 aromatic carbocycles. The van der Waals surface area contributed by atoms with Crippen LogP contribution in [-0.2, 0) is 0 Å². The van der Waals surface area contributed by atoms with Crippen molar-refractivity contribution < 1.29 is 14.2 Å². The number of nitrogens with one attached hydrogen (secondary N) is 1. The predicted molar refractivity (Wildman–Crippen MR) is 111 cm³/mol. The van der Waals surface area contributed by atoms with Gasteiger partial charge in [-0.3, -0.25) is 4.98 Å². The molecule has 0 aliphatic carbocycles. The average molecular weight is 375 g/mol. The standard InChI is InChI=1S/C22H21N3O3/c1-26-19-9-14(10-20(27-2)22(19)28-3)15-8-17-18(24-11-15)12-25-21(17)13-5-4-6-16(23)7-13/h4-12,25H,23H2,1-3H3. The number of nitrogen functional groups attached to an aromatic ring is 1. The van der Waals surface area contributed by atoms with E-state index in [4.69, 9.17) is 19.9 Å². The minimum absolute atomic E-state index is 0.560. The van der Waals surface area contributed by atoms with Crippen LogP contribution in [0.25, 0.3) is 33.3 Å². The Balaban J connectivity index is 1.88. The number of fused-ring (bicyclic) bond motifs is 1. The largest absolute Gasteiger partial charge is 0.493 e. The van der Waals surface area contributed by atoms with Crippen LogP contribution in [0.4, 0.5) is 5.69 Å². The van der Waals surface area contributed by atoms with Gasteiger partial charge in [0, 0.05) is 34.6 Å². The molecule has 4 aromatic rings. The minimum Gasteiger partial charge on any atom is -0.493 e. The fraction of sp³-hybridized carbons (Fsp3) is 0.136. The van der Waals surface area contributed by atoms with Gasteiger partial charge < -0.3 is 24.9 Å². The quantitative estimate of drug-likeness (QED) is 0.502. The van der Waals surface area contributed by atoms with Crippen molar-refractivity contribution in [1.29, 1.82) is 0 Å². The average Bonchev–Trinajstić information content (AvgIpc) is 3.15. The van der Waals surface area contributed by atoms with Crippen molar-refractivity contribution in [3.63, 3.8) is 0 Å². The summed E-state index contributed by atoms with van der Waals surface area (Å²) in [5.74, 6) is 1.76. The van der Waals surface area contributed by atoms with Crippen LogP contribution in [0.1, 0.15) is 0 Å². The molecule has 0 bridgehead atoms. The second-order valence-corrected chi connectivity index (χ2v) is 6.36. The number of pyridine rings is 1. The van der Waals surface area contributed by atoms with Crippen LogP contribution < -0.4 is 19.9 Å². The van der Waals surface area contributed by atoms with Crippen LogP contribution >= 0.6 is 0 Å². The monoisotopic (exact) mass is 375 g/mol. The number of nitrogens with two attached hydrogens (primary N) is 1. The van der Waals surface area contributed by atoms with Crippen molar-refractivity contribution in [2.24, 2.45) is 0 Å². The Morgan fingerprint density at radius 2 is 1.61 bits per heavy atom. The smallest absolute Gasteiger partial charge is 0.203 e. The highest BCUT2D eigenvalue weighted by Gasteiger charge is 2.15. The summed E-state index contributed by atoms with van der Waals surface area (Å²) in [4.78, 5) is 7.92. The van der Waals surface area contributed by atoms with Crippen molar-refractivity contribution >= 4 is 16.6 Å². The number of nitrogens with zero attached hydrogens (tertiary/aromatic N) is 1. The fourth-order valence-corrected chi connectivity index (χ4v) is 3.35. The molecule has 4 rings (SSSR count). The summed E-state index contributed by atoms with van der Waals surface area (Å²) in [6, 6.07) is 13.7. The first-order chi connectivity index (χ1) is 13.6. The molecule has 6 heteroatoms. The predicted octanol–water partition coefficient (Wildman–Crippen LogP) is 4.50. The highest BCUT2D eigenvalue weighted by atomic mass is 16.5. The maximum atomic E-state index is 5.95. The molecule has 0 spiro atoms. The third-order valence-corrected chi connectivity index (χ3v) is 4.71. The zero-order chi connectivity index (χ0) is 19.7. The van der Waals surface area contributed by atoms with E-state index in [1.54, 1.807) is 21.3 Å². The van der Waals surface area contributed by atoms with Crippen molar-refractivity contribution in [1.82, 2.24) is 9.97 Å². The van der Waals surface area contributed by atoms with Gasteiger partial charge in [-0.25, -0.2) is 0 Å². The summed E-state index contributed by atoms with van der Waals surface area (Å²) in [6.45, 7) is 0. The molecule has 2 aromatic heterocycles. The van der Waals surface area contributed by atoms with E-state index in [1.807, 2.05) is 48.8 Å². The van der Waals surface area contributed by atoms with E-state index in [0.29, 0.717) is 22.9 Å². The van der Waals surface area contributed by atoms with Crippen LogP contribution in [0.5, 0.6) is 17.2 Å². The molecule has 0 unspecified atom stereocenters. The Morgan fingerprint density at radius 3 is 2.25 bits per heavy atom. The van der Waals surface area contributed by atoms with Crippen LogP contribution in [0.15, 0.2) is 54.9 Å². The molecule has 2 heterocycles. The van der Waals surface area contributed by atoms with Crippen LogP contribution in [-0.4, -0.2) is 31.3 Å². The molecule has 142 valence electrons. The van der Waals surface area contributed by atoms with Gasteiger partial charge in [-0.05, 0) is 35.9 Å². The highest BCUT2D eigenvalue weighted by Crippen LogP contribution is 2.41. The second-order valence-electron chi connectivity index (χ2n) is 6.36. The van der Waals surface area contributed by atoms with Gasteiger partial charge in [0.2, 0.25) is 5.75 Å². The Hall–Kier alpha value is -3.67. The Kier molecular flexibility index (Phi) is 4.53. The summed E-state index contributed by atoms with van der Waals surface area (Å²) >= 11 is 0. The maximum Gasteiger partial charge on any atom is 0.203 e. The highest BCUT2D eigenvalue weighted by molar-refractivity contribution is 5.96. The molecule has 0 fully saturated rings. The lowest BCUT2D eigenvalue weighted by molar-refractivity contribution is 0.324. The molecule has 6 nitrogen and oxygen atoms in total. The molecular formula is C22H21N3O3. The number of aromatic amines is 1. The van der Waals surface area contributed by atoms with Gasteiger partial charge in [-0.2, -0.15) is 0 Å². The Labute approximate surface area is 162 Å². The van der Waals surface area contributed by atoms with Gasteiger partial charge >= 0.3 is 0 Å². The first kappa shape index (κ1) is 17.7. The number of hydrogen-bond donors (Lipinski definition) is 2. The first-order valence-corrected chi connectivity index (χ1v) is 8.78. The Bertz CT molecular complexity index is 1130. The zero-order valence-electron chi connectivity index (χ0n) is 15.9. The van der Waals surface area contributed by atoms with Gasteiger partial charge in [-0.1, -0.05) is 12.1 Å². The van der Waals surface area contributed by atoms with E-state index in [-0.39, 0.29) is 0 Å². The molecule has 0 atom stereocenters. The van der Waals surface area contributed by atoms with Crippen LogP contribution in [0.2, 0.25) is 0 Å². The van der Waals surface area contributed by atoms with Crippen LogP contribution in [0.3, 0.4) is 0 Å². The number of rotatable bonds is 5. The third-order valence-electron chi connectivity index (χ3n) is 4.71. The van der Waals surface area contributed by atoms with E-state index < -0.39 is 0 Å². The Morgan fingerprint density at radius 1 is 0.857 bits per heavy atom. The van der Waals surface area contributed by atoms with Gasteiger partial charge in [0.1, 0.15) is 0 Å². The molecule has 28 heavy (non-hydrogen) atoms. The number of ether oxygens (including phenoxy) is 3. The number of benzene rings is 2. The summed E-state index contributed by atoms with van der Waals surface area (Å²) in [6.07, 6.45) is 3.73. The SMILES string of the molecule is COc1cc(-c2cnc3c[nH]c(-c4cccc(N)c4)c3c2)cc(OC)c1OC. The lowest BCUT2D eigenvalue weighted by Crippen LogP contribution is -1.95. The molecular weight excluding hydrogens is 354 g/mol. The summed E-state index contributed by atoms with van der Waals surface area (Å²) in [7, 11) is 4.80. The van der Waals surface area contributed by atoms with E-state index in [0.717, 1.165) is 33.3 Å². The van der Waals surface area contributed by atoms with Crippen molar-refractivity contribution in [2.75, 3.05) is 27.1 Å². The molecule has 0 radical (unpaired) electrons. The number of aromatic nitrogens is 2. The second kappa shape index (κ2) is 7.15. The van der Waals surface area contributed by atoms with Gasteiger partial charge in [0.25, 0.3) is 0 Å². The maximum absolute atomic E-state index is 5.95. The van der Waals surface area contributed by atoms with Crippen LogP contribution in [0, 0.1) is 0 Å².